The van der Waals surface area contributed by atoms with Crippen LogP contribution in [-0.2, 0) is 0 Å². The van der Waals surface area contributed by atoms with Crippen LogP contribution >= 0.6 is 15.8 Å². The lowest BCUT2D eigenvalue weighted by Crippen LogP contribution is -2.53. The fraction of sp³-hybridized carbons (Fsp3) is 0. The van der Waals surface area contributed by atoms with Gasteiger partial charge in [0.25, 0.3) is 0 Å². The Morgan fingerprint density at radius 2 is 0.850 bits per heavy atom. The van der Waals surface area contributed by atoms with Gasteiger partial charge in [-0.15, -0.1) is 0 Å². The molecule has 2 heteroatoms. The lowest BCUT2D eigenvalue weighted by molar-refractivity contribution is 1.75. The van der Waals surface area contributed by atoms with Crippen molar-refractivity contribution in [3.05, 3.63) is 72.8 Å². The summed E-state index contributed by atoms with van der Waals surface area (Å²) in [5, 5.41) is 9.69. The lowest BCUT2D eigenvalue weighted by atomic mass is 10.3. The van der Waals surface area contributed by atoms with E-state index in [-0.39, 0.29) is 7.92 Å². The zero-order valence-electron chi connectivity index (χ0n) is 10.9. The summed E-state index contributed by atoms with van der Waals surface area (Å²) >= 11 is 0. The molecule has 20 heavy (non-hydrogen) atoms. The molecule has 0 atom stereocenters. The highest BCUT2D eigenvalue weighted by molar-refractivity contribution is 7.95. The van der Waals surface area contributed by atoms with Crippen molar-refractivity contribution in [2.75, 3.05) is 0 Å². The molecule has 0 saturated carbocycles. The molecule has 3 aliphatic rings. The third-order valence-electron chi connectivity index (χ3n) is 4.24. The van der Waals surface area contributed by atoms with Gasteiger partial charge in [0.15, 0.2) is 0 Å². The molecule has 94 valence electrons. The standard InChI is InChI=1S/C18H12P2/c1-2-8-14-13(7-1)19-15-9-3-5-11-17(15)20(14)18-12-6-4-10-16(18)19/h1-12H/p+1. The van der Waals surface area contributed by atoms with E-state index in [1.165, 1.54) is 0 Å². The Bertz CT molecular complexity index is 656. The Labute approximate surface area is 121 Å². The van der Waals surface area contributed by atoms with Gasteiger partial charge >= 0.3 is 0 Å². The van der Waals surface area contributed by atoms with E-state index in [0.29, 0.717) is 0 Å². The van der Waals surface area contributed by atoms with Gasteiger partial charge in [-0.25, -0.2) is 0 Å². The van der Waals surface area contributed by atoms with Gasteiger partial charge in [0, 0.05) is 15.9 Å². The third kappa shape index (κ3) is 1.29. The van der Waals surface area contributed by atoms with Gasteiger partial charge in [0.2, 0.25) is 0 Å². The monoisotopic (exact) mass is 291 g/mol. The smallest absolute Gasteiger partial charge is 0.0613 e. The van der Waals surface area contributed by atoms with Crippen molar-refractivity contribution in [2.24, 2.45) is 0 Å². The molecular formula is C18H13P2+. The van der Waals surface area contributed by atoms with Gasteiger partial charge < -0.3 is 0 Å². The van der Waals surface area contributed by atoms with Crippen LogP contribution in [0.5, 0.6) is 0 Å². The summed E-state index contributed by atoms with van der Waals surface area (Å²) in [6.45, 7) is 0. The molecule has 6 rings (SSSR count). The Hall–Kier alpha value is -1.48. The summed E-state index contributed by atoms with van der Waals surface area (Å²) in [6.07, 6.45) is 0. The normalized spacial score (nSPS) is 21.0. The number of rotatable bonds is 0. The minimum absolute atomic E-state index is 0.326. The Morgan fingerprint density at radius 3 is 1.25 bits per heavy atom. The molecule has 0 unspecified atom stereocenters. The first-order valence-electron chi connectivity index (χ1n) is 6.90. The number of hydrogen-bond acceptors (Lipinski definition) is 0. The minimum Gasteiger partial charge on any atom is -0.0613 e. The summed E-state index contributed by atoms with van der Waals surface area (Å²) in [7, 11) is -1.10. The molecule has 0 amide bonds. The number of benzene rings is 3. The van der Waals surface area contributed by atoms with E-state index in [4.69, 9.17) is 0 Å². The average Bonchev–Trinajstić information content (AvgIpc) is 2.54. The molecule has 2 bridgehead atoms. The predicted molar refractivity (Wildman–Crippen MR) is 92.4 cm³/mol. The molecule has 0 nitrogen and oxygen atoms in total. The van der Waals surface area contributed by atoms with Gasteiger partial charge in [0.05, 0.1) is 0 Å². The van der Waals surface area contributed by atoms with Crippen molar-refractivity contribution in [2.45, 2.75) is 0 Å². The largest absolute Gasteiger partial charge is 0.110 e. The van der Waals surface area contributed by atoms with Crippen molar-refractivity contribution in [3.8, 4) is 0 Å². The van der Waals surface area contributed by atoms with Crippen LogP contribution in [0.25, 0.3) is 0 Å². The van der Waals surface area contributed by atoms with Gasteiger partial charge in [0.1, 0.15) is 23.8 Å². The van der Waals surface area contributed by atoms with Crippen molar-refractivity contribution in [1.82, 2.24) is 0 Å². The van der Waals surface area contributed by atoms with Crippen molar-refractivity contribution in [1.29, 1.82) is 0 Å². The molecular weight excluding hydrogens is 278 g/mol. The van der Waals surface area contributed by atoms with Crippen molar-refractivity contribution >= 4 is 47.7 Å². The quantitative estimate of drug-likeness (QED) is 0.380. The SMILES string of the molecule is c1ccc2c(c1)P1c3ccccc3[PH+]2c2ccccc21. The molecule has 0 aromatic heterocycles. The molecule has 3 aromatic rings. The maximum Gasteiger partial charge on any atom is 0.110 e. The molecule has 0 saturated heterocycles. The molecule has 0 fully saturated rings. The summed E-state index contributed by atoms with van der Waals surface area (Å²) in [4.78, 5) is 0. The summed E-state index contributed by atoms with van der Waals surface area (Å²) in [5.74, 6) is 0. The number of hydrogen-bond donors (Lipinski definition) is 0. The maximum absolute atomic E-state index is 2.37. The molecule has 3 aromatic carbocycles. The molecule has 0 N–H and O–H groups in total. The first-order valence-corrected chi connectivity index (χ1v) is 9.74. The highest BCUT2D eigenvalue weighted by Crippen LogP contribution is 2.49. The zero-order valence-corrected chi connectivity index (χ0v) is 12.8. The second-order valence-electron chi connectivity index (χ2n) is 5.26. The maximum atomic E-state index is 2.37. The third-order valence-corrected chi connectivity index (χ3v) is 10.4. The van der Waals surface area contributed by atoms with Crippen molar-refractivity contribution < 1.29 is 0 Å². The van der Waals surface area contributed by atoms with E-state index in [1.807, 2.05) is 0 Å². The first kappa shape index (κ1) is 11.2. The summed E-state index contributed by atoms with van der Waals surface area (Å²) in [6, 6.07) is 27.4. The van der Waals surface area contributed by atoms with Crippen LogP contribution in [0, 0.1) is 0 Å². The molecule has 0 radical (unpaired) electrons. The first-order chi connectivity index (χ1) is 9.95. The summed E-state index contributed by atoms with van der Waals surface area (Å²) < 4.78 is 0. The predicted octanol–water partition coefficient (Wildman–Crippen LogP) is 1.56. The Kier molecular flexibility index (Phi) is 2.25. The zero-order chi connectivity index (χ0) is 13.1. The van der Waals surface area contributed by atoms with E-state index in [1.54, 1.807) is 31.8 Å². The van der Waals surface area contributed by atoms with Gasteiger partial charge in [-0.05, 0) is 44.3 Å². The fourth-order valence-corrected chi connectivity index (χ4v) is 10.6. The van der Waals surface area contributed by atoms with Crippen molar-refractivity contribution in [3.63, 3.8) is 0 Å². The van der Waals surface area contributed by atoms with E-state index in [9.17, 15) is 0 Å². The summed E-state index contributed by atoms with van der Waals surface area (Å²) in [5.41, 5.74) is 0. The second-order valence-corrected chi connectivity index (χ2v) is 9.74. The molecule has 0 spiro atoms. The van der Waals surface area contributed by atoms with Gasteiger partial charge in [-0.3, -0.25) is 0 Å². The van der Waals surface area contributed by atoms with E-state index in [0.717, 1.165) is 0 Å². The highest BCUT2D eigenvalue weighted by atomic mass is 31.1. The van der Waals surface area contributed by atoms with Crippen LogP contribution in [0.15, 0.2) is 72.8 Å². The fourth-order valence-electron chi connectivity index (χ4n) is 3.46. The van der Waals surface area contributed by atoms with Crippen LogP contribution in [0.2, 0.25) is 0 Å². The Morgan fingerprint density at radius 1 is 0.500 bits per heavy atom. The van der Waals surface area contributed by atoms with Crippen LogP contribution in [0.4, 0.5) is 0 Å². The van der Waals surface area contributed by atoms with Crippen LogP contribution in [0.3, 0.4) is 0 Å². The van der Waals surface area contributed by atoms with Gasteiger partial charge in [-0.1, -0.05) is 36.4 Å². The molecule has 0 aliphatic carbocycles. The molecule has 3 aliphatic heterocycles. The molecule has 3 heterocycles. The van der Waals surface area contributed by atoms with Gasteiger partial charge in [-0.2, -0.15) is 0 Å². The lowest BCUT2D eigenvalue weighted by Gasteiger charge is -2.35. The second kappa shape index (κ2) is 4.01. The topological polar surface area (TPSA) is 0 Å². The van der Waals surface area contributed by atoms with E-state index in [2.05, 4.69) is 72.8 Å². The highest BCUT2D eigenvalue weighted by Gasteiger charge is 2.47. The van der Waals surface area contributed by atoms with Crippen LogP contribution in [-0.4, -0.2) is 0 Å². The minimum atomic E-state index is -0.775. The Balaban J connectivity index is 1.93. The van der Waals surface area contributed by atoms with E-state index >= 15 is 0 Å². The van der Waals surface area contributed by atoms with Crippen LogP contribution < -0.4 is 31.8 Å². The van der Waals surface area contributed by atoms with E-state index < -0.39 is 7.92 Å². The average molecular weight is 291 g/mol. The van der Waals surface area contributed by atoms with Crippen LogP contribution in [0.1, 0.15) is 0 Å².